The first-order valence-electron chi connectivity index (χ1n) is 7.74. The molecule has 2 aromatic rings. The largest absolute Gasteiger partial charge is 0.383 e. The molecule has 1 amide bonds. The summed E-state index contributed by atoms with van der Waals surface area (Å²) >= 11 is 0. The quantitative estimate of drug-likeness (QED) is 0.770. The van der Waals surface area contributed by atoms with Crippen molar-refractivity contribution in [1.29, 1.82) is 0 Å². The summed E-state index contributed by atoms with van der Waals surface area (Å²) in [7, 11) is 1.65. The predicted octanol–water partition coefficient (Wildman–Crippen LogP) is 3.26. The number of hydrogen-bond donors (Lipinski definition) is 2. The third kappa shape index (κ3) is 4.53. The minimum Gasteiger partial charge on any atom is -0.383 e. The van der Waals surface area contributed by atoms with E-state index in [4.69, 9.17) is 4.74 Å². The fourth-order valence-corrected chi connectivity index (χ4v) is 2.34. The summed E-state index contributed by atoms with van der Waals surface area (Å²) in [5.74, 6) is -0.204. The molecule has 0 unspecified atom stereocenters. The molecule has 0 aliphatic heterocycles. The third-order valence-electron chi connectivity index (χ3n) is 3.61. The average Bonchev–Trinajstić information content (AvgIpc) is 2.57. The highest BCUT2D eigenvalue weighted by molar-refractivity contribution is 6.04. The van der Waals surface area contributed by atoms with E-state index in [2.05, 4.69) is 22.5 Å². The Kier molecular flexibility index (Phi) is 6.11. The molecule has 23 heavy (non-hydrogen) atoms. The number of nitrogens with one attached hydrogen (secondary N) is 2. The van der Waals surface area contributed by atoms with E-state index >= 15 is 0 Å². The van der Waals surface area contributed by atoms with Gasteiger partial charge in [0.2, 0.25) is 0 Å². The second-order valence-electron chi connectivity index (χ2n) is 5.27. The summed E-state index contributed by atoms with van der Waals surface area (Å²) in [6.45, 7) is 5.35. The van der Waals surface area contributed by atoms with Crippen LogP contribution in [-0.4, -0.2) is 31.2 Å². The Bertz CT molecular complexity index is 671. The molecule has 122 valence electrons. The molecule has 5 heteroatoms. The van der Waals surface area contributed by atoms with E-state index in [1.807, 2.05) is 31.2 Å². The molecule has 0 fully saturated rings. The fourth-order valence-electron chi connectivity index (χ4n) is 2.34. The Balaban J connectivity index is 2.14. The lowest BCUT2D eigenvalue weighted by molar-refractivity contribution is 0.102. The molecule has 0 atom stereocenters. The van der Waals surface area contributed by atoms with Gasteiger partial charge in [-0.1, -0.05) is 25.1 Å². The molecule has 0 aliphatic rings. The summed E-state index contributed by atoms with van der Waals surface area (Å²) in [5.41, 5.74) is 4.28. The Hall–Kier alpha value is -2.40. The Morgan fingerprint density at radius 2 is 2.13 bits per heavy atom. The Labute approximate surface area is 137 Å². The van der Waals surface area contributed by atoms with Gasteiger partial charge in [-0.05, 0) is 36.6 Å². The molecule has 2 rings (SSSR count). The third-order valence-corrected chi connectivity index (χ3v) is 3.61. The number of amides is 1. The van der Waals surface area contributed by atoms with Crippen molar-refractivity contribution in [1.82, 2.24) is 4.98 Å². The maximum absolute atomic E-state index is 12.5. The summed E-state index contributed by atoms with van der Waals surface area (Å²) in [5, 5.41) is 6.18. The number of ether oxygens (including phenoxy) is 1. The van der Waals surface area contributed by atoms with E-state index in [1.54, 1.807) is 19.4 Å². The van der Waals surface area contributed by atoms with Crippen LogP contribution in [0.5, 0.6) is 0 Å². The van der Waals surface area contributed by atoms with Crippen molar-refractivity contribution in [2.45, 2.75) is 20.3 Å². The zero-order valence-electron chi connectivity index (χ0n) is 13.8. The Morgan fingerprint density at radius 1 is 1.30 bits per heavy atom. The molecule has 1 aromatic heterocycles. The molecule has 0 radical (unpaired) electrons. The van der Waals surface area contributed by atoms with E-state index < -0.39 is 0 Å². The van der Waals surface area contributed by atoms with E-state index in [0.717, 1.165) is 28.9 Å². The second kappa shape index (κ2) is 8.29. The van der Waals surface area contributed by atoms with Gasteiger partial charge in [0.1, 0.15) is 5.69 Å². The van der Waals surface area contributed by atoms with Gasteiger partial charge in [-0.15, -0.1) is 0 Å². The van der Waals surface area contributed by atoms with Crippen LogP contribution in [0.4, 0.5) is 11.4 Å². The second-order valence-corrected chi connectivity index (χ2v) is 5.27. The predicted molar refractivity (Wildman–Crippen MR) is 93.1 cm³/mol. The molecule has 0 aliphatic carbocycles. The first-order valence-corrected chi connectivity index (χ1v) is 7.74. The number of benzene rings is 1. The van der Waals surface area contributed by atoms with Gasteiger partial charge in [-0.25, -0.2) is 0 Å². The van der Waals surface area contributed by atoms with Gasteiger partial charge in [0.05, 0.1) is 6.61 Å². The zero-order valence-corrected chi connectivity index (χ0v) is 13.8. The minimum absolute atomic E-state index is 0.204. The number of anilines is 2. The van der Waals surface area contributed by atoms with Crippen molar-refractivity contribution in [3.63, 3.8) is 0 Å². The van der Waals surface area contributed by atoms with E-state index in [9.17, 15) is 4.79 Å². The number of nitrogens with zero attached hydrogens (tertiary/aromatic N) is 1. The molecule has 1 heterocycles. The highest BCUT2D eigenvalue weighted by atomic mass is 16.5. The first kappa shape index (κ1) is 17.0. The van der Waals surface area contributed by atoms with Gasteiger partial charge in [0.15, 0.2) is 0 Å². The summed E-state index contributed by atoms with van der Waals surface area (Å²) < 4.78 is 5.00. The summed E-state index contributed by atoms with van der Waals surface area (Å²) in [6.07, 6.45) is 2.49. The van der Waals surface area contributed by atoms with Crippen LogP contribution in [0.3, 0.4) is 0 Å². The first-order chi connectivity index (χ1) is 11.2. The molecule has 0 saturated carbocycles. The summed E-state index contributed by atoms with van der Waals surface area (Å²) in [6, 6.07) is 9.60. The van der Waals surface area contributed by atoms with Crippen molar-refractivity contribution in [2.24, 2.45) is 0 Å². The van der Waals surface area contributed by atoms with Gasteiger partial charge in [0, 0.05) is 31.2 Å². The minimum atomic E-state index is -0.204. The van der Waals surface area contributed by atoms with Crippen molar-refractivity contribution < 1.29 is 9.53 Å². The molecule has 0 bridgehead atoms. The van der Waals surface area contributed by atoms with Crippen molar-refractivity contribution in [2.75, 3.05) is 30.9 Å². The number of hydrogen-bond acceptors (Lipinski definition) is 4. The number of carbonyl (C=O) groups excluding carboxylic acids is 1. The average molecular weight is 313 g/mol. The highest BCUT2D eigenvalue weighted by Gasteiger charge is 2.12. The van der Waals surface area contributed by atoms with Gasteiger partial charge in [-0.2, -0.15) is 0 Å². The van der Waals surface area contributed by atoms with E-state index in [1.165, 1.54) is 0 Å². The highest BCUT2D eigenvalue weighted by Crippen LogP contribution is 2.22. The van der Waals surface area contributed by atoms with Crippen LogP contribution in [0.2, 0.25) is 0 Å². The lowest BCUT2D eigenvalue weighted by Gasteiger charge is -2.13. The van der Waals surface area contributed by atoms with Crippen LogP contribution < -0.4 is 10.6 Å². The SMILES string of the molecule is CCc1cccc(C)c1NC(=O)c1cc(NCCOC)ccn1. The molecular formula is C18H23N3O2. The number of pyridine rings is 1. The molecular weight excluding hydrogens is 290 g/mol. The van der Waals surface area contributed by atoms with Gasteiger partial charge in [0.25, 0.3) is 5.91 Å². The molecule has 5 nitrogen and oxygen atoms in total. The summed E-state index contributed by atoms with van der Waals surface area (Å²) in [4.78, 5) is 16.7. The molecule has 0 saturated heterocycles. The van der Waals surface area contributed by atoms with Gasteiger partial charge < -0.3 is 15.4 Å². The molecule has 0 spiro atoms. The fraction of sp³-hybridized carbons (Fsp3) is 0.333. The van der Waals surface area contributed by atoms with E-state index in [-0.39, 0.29) is 5.91 Å². The van der Waals surface area contributed by atoms with Crippen molar-refractivity contribution in [3.8, 4) is 0 Å². The number of para-hydroxylation sites is 1. The van der Waals surface area contributed by atoms with Crippen LogP contribution in [0.1, 0.15) is 28.5 Å². The van der Waals surface area contributed by atoms with Crippen LogP contribution in [0.15, 0.2) is 36.5 Å². The van der Waals surface area contributed by atoms with Crippen molar-refractivity contribution >= 4 is 17.3 Å². The lowest BCUT2D eigenvalue weighted by atomic mass is 10.1. The van der Waals surface area contributed by atoms with Crippen LogP contribution in [0.25, 0.3) is 0 Å². The number of aryl methyl sites for hydroxylation is 2. The molecule has 1 aromatic carbocycles. The smallest absolute Gasteiger partial charge is 0.274 e. The maximum atomic E-state index is 12.5. The number of aromatic nitrogens is 1. The van der Waals surface area contributed by atoms with Crippen molar-refractivity contribution in [3.05, 3.63) is 53.3 Å². The monoisotopic (exact) mass is 313 g/mol. The normalized spacial score (nSPS) is 10.4. The maximum Gasteiger partial charge on any atom is 0.274 e. The Morgan fingerprint density at radius 3 is 2.87 bits per heavy atom. The standard InChI is InChI=1S/C18H23N3O2/c1-4-14-7-5-6-13(2)17(14)21-18(22)16-12-15(8-9-20-16)19-10-11-23-3/h5-9,12H,4,10-11H2,1-3H3,(H,19,20)(H,21,22). The van der Waals surface area contributed by atoms with Gasteiger partial charge in [-0.3, -0.25) is 9.78 Å². The number of methoxy groups -OCH3 is 1. The van der Waals surface area contributed by atoms with E-state index in [0.29, 0.717) is 18.8 Å². The van der Waals surface area contributed by atoms with Crippen LogP contribution in [-0.2, 0) is 11.2 Å². The lowest BCUT2D eigenvalue weighted by Crippen LogP contribution is -2.16. The topological polar surface area (TPSA) is 63.2 Å². The number of carbonyl (C=O) groups is 1. The van der Waals surface area contributed by atoms with Crippen LogP contribution >= 0.6 is 0 Å². The number of rotatable bonds is 7. The van der Waals surface area contributed by atoms with Gasteiger partial charge >= 0.3 is 0 Å². The molecule has 2 N–H and O–H groups in total. The zero-order chi connectivity index (χ0) is 16.7. The van der Waals surface area contributed by atoms with Crippen LogP contribution in [0, 0.1) is 6.92 Å².